The van der Waals surface area contributed by atoms with Crippen LogP contribution in [-0.4, -0.2) is 38.9 Å². The molecule has 1 aliphatic rings. The molecule has 0 aliphatic carbocycles. The van der Waals surface area contributed by atoms with E-state index in [1.807, 2.05) is 12.1 Å². The van der Waals surface area contributed by atoms with Crippen molar-refractivity contribution in [1.29, 1.82) is 0 Å². The number of carboxylic acid groups (broad SMARTS) is 1. The Morgan fingerprint density at radius 1 is 1.00 bits per heavy atom. The molecule has 2 aromatic carbocycles. The van der Waals surface area contributed by atoms with Gasteiger partial charge in [0.1, 0.15) is 0 Å². The molecule has 2 heterocycles. The van der Waals surface area contributed by atoms with Gasteiger partial charge in [0.25, 0.3) is 0 Å². The second kappa shape index (κ2) is 11.7. The van der Waals surface area contributed by atoms with Crippen LogP contribution in [0.2, 0.25) is 0 Å². The Hall–Kier alpha value is -3.94. The number of nitrogens with zero attached hydrogens (tertiary/aromatic N) is 2. The number of aliphatic carboxylic acids is 1. The Kier molecular flexibility index (Phi) is 8.15. The molecule has 1 unspecified atom stereocenters. The molecule has 3 aromatic rings. The molecule has 0 bridgehead atoms. The van der Waals surface area contributed by atoms with Crippen molar-refractivity contribution in [2.45, 2.75) is 58.2 Å². The third-order valence-electron chi connectivity index (χ3n) is 6.39. The first-order valence-electron chi connectivity index (χ1n) is 12.2. The molecule has 0 radical (unpaired) electrons. The highest BCUT2D eigenvalue weighted by Crippen LogP contribution is 2.28. The van der Waals surface area contributed by atoms with E-state index in [2.05, 4.69) is 21.7 Å². The summed E-state index contributed by atoms with van der Waals surface area (Å²) in [5.74, 6) is -2.50. The van der Waals surface area contributed by atoms with Gasteiger partial charge in [-0.2, -0.15) is 0 Å². The summed E-state index contributed by atoms with van der Waals surface area (Å²) in [4.78, 5) is 40.6. The molecule has 0 saturated heterocycles. The van der Waals surface area contributed by atoms with E-state index in [1.54, 1.807) is 36.7 Å². The zero-order chi connectivity index (χ0) is 25.5. The van der Waals surface area contributed by atoms with Gasteiger partial charge in [0, 0.05) is 31.1 Å². The van der Waals surface area contributed by atoms with Gasteiger partial charge in [-0.1, -0.05) is 42.8 Å². The molecule has 1 aliphatic heterocycles. The van der Waals surface area contributed by atoms with Crippen LogP contribution in [0, 0.1) is 5.92 Å². The Morgan fingerprint density at radius 3 is 2.53 bits per heavy atom. The van der Waals surface area contributed by atoms with Crippen LogP contribution in [0.4, 0.5) is 0 Å². The maximum absolute atomic E-state index is 12.1. The number of rotatable bonds is 11. The SMILES string of the molecule is CC(OC(=O)CCCC[C@@H](Cc1ncn2c1CCc1ccccc1-2)C(=O)O)OC(=O)c1ccccc1. The zero-order valence-electron chi connectivity index (χ0n) is 20.3. The van der Waals surface area contributed by atoms with Gasteiger partial charge in [0.05, 0.1) is 23.5 Å². The first kappa shape index (κ1) is 25.2. The maximum atomic E-state index is 12.1. The summed E-state index contributed by atoms with van der Waals surface area (Å²) in [7, 11) is 0. The molecular formula is C28H30N2O6. The van der Waals surface area contributed by atoms with Crippen molar-refractivity contribution in [1.82, 2.24) is 9.55 Å². The molecule has 0 spiro atoms. The molecule has 0 fully saturated rings. The predicted octanol–water partition coefficient (Wildman–Crippen LogP) is 4.52. The minimum absolute atomic E-state index is 0.121. The predicted molar refractivity (Wildman–Crippen MR) is 132 cm³/mol. The van der Waals surface area contributed by atoms with Crippen molar-refractivity contribution in [2.24, 2.45) is 5.92 Å². The number of hydrogen-bond acceptors (Lipinski definition) is 6. The number of carbonyl (C=O) groups is 3. The number of esters is 2. The summed E-state index contributed by atoms with van der Waals surface area (Å²) in [6, 6.07) is 16.6. The van der Waals surface area contributed by atoms with Crippen LogP contribution in [0.5, 0.6) is 0 Å². The first-order valence-corrected chi connectivity index (χ1v) is 12.2. The largest absolute Gasteiger partial charge is 0.481 e. The number of aryl methyl sites for hydroxylation is 1. The van der Waals surface area contributed by atoms with Crippen molar-refractivity contribution in [3.05, 3.63) is 83.4 Å². The highest BCUT2D eigenvalue weighted by molar-refractivity contribution is 5.89. The Morgan fingerprint density at radius 2 is 1.75 bits per heavy atom. The molecule has 1 N–H and O–H groups in total. The summed E-state index contributed by atoms with van der Waals surface area (Å²) in [6.07, 6.45) is 4.47. The minimum atomic E-state index is -1.01. The molecule has 0 saturated carbocycles. The van der Waals surface area contributed by atoms with Crippen LogP contribution in [0.15, 0.2) is 60.9 Å². The van der Waals surface area contributed by atoms with Crippen LogP contribution < -0.4 is 0 Å². The summed E-state index contributed by atoms with van der Waals surface area (Å²) >= 11 is 0. The van der Waals surface area contributed by atoms with Crippen molar-refractivity contribution >= 4 is 17.9 Å². The zero-order valence-corrected chi connectivity index (χ0v) is 20.3. The van der Waals surface area contributed by atoms with Gasteiger partial charge in [-0.25, -0.2) is 9.78 Å². The van der Waals surface area contributed by atoms with E-state index in [-0.39, 0.29) is 6.42 Å². The highest BCUT2D eigenvalue weighted by atomic mass is 16.7. The van der Waals surface area contributed by atoms with Gasteiger partial charge < -0.3 is 19.1 Å². The highest BCUT2D eigenvalue weighted by Gasteiger charge is 2.25. The second-order valence-corrected chi connectivity index (χ2v) is 8.95. The number of imidazole rings is 1. The van der Waals surface area contributed by atoms with Crippen LogP contribution in [0.3, 0.4) is 0 Å². The van der Waals surface area contributed by atoms with Gasteiger partial charge >= 0.3 is 17.9 Å². The number of ether oxygens (including phenoxy) is 2. The van der Waals surface area contributed by atoms with Crippen molar-refractivity contribution in [3.8, 4) is 5.69 Å². The van der Waals surface area contributed by atoms with Crippen LogP contribution in [0.25, 0.3) is 5.69 Å². The van der Waals surface area contributed by atoms with Gasteiger partial charge in [-0.05, 0) is 49.4 Å². The van der Waals surface area contributed by atoms with E-state index in [0.29, 0.717) is 31.2 Å². The van der Waals surface area contributed by atoms with E-state index < -0.39 is 30.1 Å². The molecule has 2 atom stereocenters. The van der Waals surface area contributed by atoms with Gasteiger partial charge in [0.15, 0.2) is 0 Å². The van der Waals surface area contributed by atoms with Crippen molar-refractivity contribution in [2.75, 3.05) is 0 Å². The number of benzene rings is 2. The summed E-state index contributed by atoms with van der Waals surface area (Å²) < 4.78 is 12.4. The van der Waals surface area contributed by atoms with E-state index in [4.69, 9.17) is 9.47 Å². The van der Waals surface area contributed by atoms with Crippen LogP contribution in [0.1, 0.15) is 59.9 Å². The first-order chi connectivity index (χ1) is 17.4. The average molecular weight is 491 g/mol. The number of para-hydroxylation sites is 1. The van der Waals surface area contributed by atoms with E-state index in [9.17, 15) is 19.5 Å². The van der Waals surface area contributed by atoms with Gasteiger partial charge in [0.2, 0.25) is 6.29 Å². The van der Waals surface area contributed by atoms with E-state index in [1.165, 1.54) is 12.5 Å². The fourth-order valence-corrected chi connectivity index (χ4v) is 4.53. The minimum Gasteiger partial charge on any atom is -0.481 e. The van der Waals surface area contributed by atoms with E-state index >= 15 is 0 Å². The summed E-state index contributed by atoms with van der Waals surface area (Å²) in [5.41, 5.74) is 4.64. The van der Waals surface area contributed by atoms with Crippen molar-refractivity contribution < 1.29 is 29.0 Å². The second-order valence-electron chi connectivity index (χ2n) is 8.95. The van der Waals surface area contributed by atoms with Crippen LogP contribution in [-0.2, 0) is 38.3 Å². The lowest BCUT2D eigenvalue weighted by atomic mass is 9.93. The fraction of sp³-hybridized carbons (Fsp3) is 0.357. The lowest BCUT2D eigenvalue weighted by molar-refractivity contribution is -0.165. The quantitative estimate of drug-likeness (QED) is 0.239. The number of fused-ring (bicyclic) bond motifs is 3. The molecule has 8 heteroatoms. The molecule has 188 valence electrons. The Bertz CT molecular complexity index is 1220. The Balaban J connectivity index is 1.23. The number of unbranched alkanes of at least 4 members (excludes halogenated alkanes) is 1. The third kappa shape index (κ3) is 6.19. The average Bonchev–Trinajstić information content (AvgIpc) is 3.29. The fourth-order valence-electron chi connectivity index (χ4n) is 4.53. The number of carboxylic acids is 1. The van der Waals surface area contributed by atoms with Gasteiger partial charge in [-0.3, -0.25) is 9.59 Å². The molecule has 0 amide bonds. The smallest absolute Gasteiger partial charge is 0.341 e. The summed E-state index contributed by atoms with van der Waals surface area (Å²) in [5, 5.41) is 9.76. The molecule has 1 aromatic heterocycles. The normalized spacial score (nSPS) is 13.7. The van der Waals surface area contributed by atoms with E-state index in [0.717, 1.165) is 29.9 Å². The molecular weight excluding hydrogens is 460 g/mol. The van der Waals surface area contributed by atoms with Gasteiger partial charge in [-0.15, -0.1) is 0 Å². The van der Waals surface area contributed by atoms with Crippen LogP contribution >= 0.6 is 0 Å². The standard InChI is InChI=1S/C28H30N2O6/c1-19(36-28(34)21-10-3-2-4-11-21)35-26(31)14-8-6-12-22(27(32)33)17-23-25-16-15-20-9-5-7-13-24(20)30(25)18-29-23/h2-5,7,9-11,13,18-19,22H,6,8,12,14-17H2,1H3,(H,32,33)/t19?,22-/m0/s1. The number of aromatic nitrogens is 2. The number of hydrogen-bond donors (Lipinski definition) is 1. The van der Waals surface area contributed by atoms with Crippen molar-refractivity contribution in [3.63, 3.8) is 0 Å². The monoisotopic (exact) mass is 490 g/mol. The molecule has 4 rings (SSSR count). The summed E-state index contributed by atoms with van der Waals surface area (Å²) in [6.45, 7) is 1.49. The maximum Gasteiger partial charge on any atom is 0.341 e. The lowest BCUT2D eigenvalue weighted by Crippen LogP contribution is -2.22. The third-order valence-corrected chi connectivity index (χ3v) is 6.39. The molecule has 36 heavy (non-hydrogen) atoms. The number of carbonyl (C=O) groups excluding carboxylic acids is 2. The molecule has 8 nitrogen and oxygen atoms in total. The lowest BCUT2D eigenvalue weighted by Gasteiger charge is -2.20. The Labute approximate surface area is 209 Å². The topological polar surface area (TPSA) is 108 Å².